The van der Waals surface area contributed by atoms with Gasteiger partial charge in [-0.2, -0.15) is 0 Å². The van der Waals surface area contributed by atoms with E-state index in [0.29, 0.717) is 0 Å². The molecule has 0 atom stereocenters. The Morgan fingerprint density at radius 2 is 2.00 bits per heavy atom. The van der Waals surface area contributed by atoms with Gasteiger partial charge in [0.1, 0.15) is 0 Å². The van der Waals surface area contributed by atoms with Crippen LogP contribution >= 0.6 is 0 Å². The second-order valence-corrected chi connectivity index (χ2v) is 3.45. The van der Waals surface area contributed by atoms with Crippen LogP contribution in [0.25, 0.3) is 5.57 Å². The monoisotopic (exact) mass is 186 g/mol. The molecule has 0 spiro atoms. The van der Waals surface area contributed by atoms with Gasteiger partial charge in [-0.1, -0.05) is 42.5 Å². The average molecular weight is 186 g/mol. The molecule has 1 aliphatic carbocycles. The van der Waals surface area contributed by atoms with Crippen LogP contribution in [0.3, 0.4) is 0 Å². The van der Waals surface area contributed by atoms with Crippen LogP contribution in [0.4, 0.5) is 0 Å². The fourth-order valence-electron chi connectivity index (χ4n) is 1.75. The standard InChI is InChI=1S/C13H14O/c14-10-12-8-4-5-9-13(12)11-6-2-1-3-7-11/h2,4-9,14H,1,3,10H2. The van der Waals surface area contributed by atoms with Crippen molar-refractivity contribution in [3.63, 3.8) is 0 Å². The molecule has 1 aliphatic rings. The minimum Gasteiger partial charge on any atom is -0.392 e. The lowest BCUT2D eigenvalue weighted by atomic mass is 9.96. The quantitative estimate of drug-likeness (QED) is 0.753. The first-order valence-electron chi connectivity index (χ1n) is 4.97. The van der Waals surface area contributed by atoms with Crippen molar-refractivity contribution in [2.24, 2.45) is 0 Å². The predicted octanol–water partition coefficient (Wildman–Crippen LogP) is 2.91. The van der Waals surface area contributed by atoms with E-state index in [4.69, 9.17) is 0 Å². The lowest BCUT2D eigenvalue weighted by Gasteiger charge is -2.10. The Kier molecular flexibility index (Phi) is 2.80. The molecule has 0 amide bonds. The summed E-state index contributed by atoms with van der Waals surface area (Å²) in [6, 6.07) is 8.01. The van der Waals surface area contributed by atoms with Gasteiger partial charge in [-0.3, -0.25) is 0 Å². The third-order valence-electron chi connectivity index (χ3n) is 2.49. The summed E-state index contributed by atoms with van der Waals surface area (Å²) in [5.74, 6) is 0. The first kappa shape index (κ1) is 9.22. The zero-order chi connectivity index (χ0) is 9.80. The highest BCUT2D eigenvalue weighted by Crippen LogP contribution is 2.24. The van der Waals surface area contributed by atoms with Gasteiger partial charge in [0, 0.05) is 0 Å². The Labute approximate surface area is 84.4 Å². The van der Waals surface area contributed by atoms with E-state index in [2.05, 4.69) is 24.3 Å². The summed E-state index contributed by atoms with van der Waals surface area (Å²) in [4.78, 5) is 0. The molecule has 0 saturated heterocycles. The van der Waals surface area contributed by atoms with Crippen molar-refractivity contribution in [2.75, 3.05) is 0 Å². The lowest BCUT2D eigenvalue weighted by molar-refractivity contribution is 0.281. The van der Waals surface area contributed by atoms with Crippen LogP contribution in [0, 0.1) is 0 Å². The minimum absolute atomic E-state index is 0.112. The van der Waals surface area contributed by atoms with Crippen molar-refractivity contribution < 1.29 is 5.11 Å². The molecule has 0 saturated carbocycles. The van der Waals surface area contributed by atoms with Crippen molar-refractivity contribution in [1.82, 2.24) is 0 Å². The zero-order valence-corrected chi connectivity index (χ0v) is 8.11. The Balaban J connectivity index is 2.40. The summed E-state index contributed by atoms with van der Waals surface area (Å²) >= 11 is 0. The van der Waals surface area contributed by atoms with Crippen LogP contribution in [0.2, 0.25) is 0 Å². The number of aliphatic hydroxyl groups is 1. The van der Waals surface area contributed by atoms with Gasteiger partial charge in [0.25, 0.3) is 0 Å². The summed E-state index contributed by atoms with van der Waals surface area (Å²) < 4.78 is 0. The molecule has 0 unspecified atom stereocenters. The maximum atomic E-state index is 9.20. The highest BCUT2D eigenvalue weighted by molar-refractivity contribution is 5.76. The maximum absolute atomic E-state index is 9.20. The van der Waals surface area contributed by atoms with Crippen LogP contribution in [0.15, 0.2) is 42.5 Å². The molecule has 72 valence electrons. The molecule has 0 bridgehead atoms. The molecular weight excluding hydrogens is 172 g/mol. The van der Waals surface area contributed by atoms with Crippen LogP contribution in [-0.4, -0.2) is 5.11 Å². The topological polar surface area (TPSA) is 20.2 Å². The van der Waals surface area contributed by atoms with Gasteiger partial charge in [-0.25, -0.2) is 0 Å². The van der Waals surface area contributed by atoms with E-state index in [0.717, 1.165) is 24.0 Å². The predicted molar refractivity (Wildman–Crippen MR) is 58.7 cm³/mol. The van der Waals surface area contributed by atoms with Crippen LogP contribution < -0.4 is 0 Å². The van der Waals surface area contributed by atoms with E-state index in [1.807, 2.05) is 18.2 Å². The number of benzene rings is 1. The molecule has 1 N–H and O–H groups in total. The zero-order valence-electron chi connectivity index (χ0n) is 8.11. The molecule has 1 aromatic rings. The first-order chi connectivity index (χ1) is 6.92. The van der Waals surface area contributed by atoms with Crippen molar-refractivity contribution in [3.05, 3.63) is 53.6 Å². The lowest BCUT2D eigenvalue weighted by Crippen LogP contribution is -1.93. The Morgan fingerprint density at radius 3 is 2.71 bits per heavy atom. The van der Waals surface area contributed by atoms with Gasteiger partial charge in [0.05, 0.1) is 6.61 Å². The molecule has 1 nitrogen and oxygen atoms in total. The largest absolute Gasteiger partial charge is 0.392 e. The molecule has 2 rings (SSSR count). The first-order valence-corrected chi connectivity index (χ1v) is 4.97. The summed E-state index contributed by atoms with van der Waals surface area (Å²) in [6.45, 7) is 0.112. The van der Waals surface area contributed by atoms with Crippen molar-refractivity contribution >= 4 is 5.57 Å². The van der Waals surface area contributed by atoms with Gasteiger partial charge in [0.2, 0.25) is 0 Å². The fraction of sp³-hybridized carbons (Fsp3) is 0.231. The molecule has 1 heteroatoms. The number of hydrogen-bond donors (Lipinski definition) is 1. The molecule has 0 fully saturated rings. The molecule has 0 radical (unpaired) electrons. The number of allylic oxidation sites excluding steroid dienone is 4. The third kappa shape index (κ3) is 1.78. The van der Waals surface area contributed by atoms with E-state index >= 15 is 0 Å². The fourth-order valence-corrected chi connectivity index (χ4v) is 1.75. The normalized spacial score (nSPS) is 15.4. The summed E-state index contributed by atoms with van der Waals surface area (Å²) in [5.41, 5.74) is 3.40. The van der Waals surface area contributed by atoms with E-state index in [-0.39, 0.29) is 6.61 Å². The smallest absolute Gasteiger partial charge is 0.0687 e. The summed E-state index contributed by atoms with van der Waals surface area (Å²) in [6.07, 6.45) is 8.78. The second kappa shape index (κ2) is 4.25. The van der Waals surface area contributed by atoms with E-state index < -0.39 is 0 Å². The molecule has 1 aromatic carbocycles. The number of rotatable bonds is 2. The second-order valence-electron chi connectivity index (χ2n) is 3.45. The van der Waals surface area contributed by atoms with Crippen LogP contribution in [0.1, 0.15) is 24.0 Å². The maximum Gasteiger partial charge on any atom is 0.0687 e. The third-order valence-corrected chi connectivity index (χ3v) is 2.49. The van der Waals surface area contributed by atoms with Crippen molar-refractivity contribution in [3.8, 4) is 0 Å². The highest BCUT2D eigenvalue weighted by atomic mass is 16.3. The van der Waals surface area contributed by atoms with Crippen molar-refractivity contribution in [1.29, 1.82) is 0 Å². The van der Waals surface area contributed by atoms with Crippen LogP contribution in [-0.2, 0) is 6.61 Å². The van der Waals surface area contributed by atoms with Gasteiger partial charge >= 0.3 is 0 Å². The molecular formula is C13H14O. The van der Waals surface area contributed by atoms with E-state index in [1.54, 1.807) is 0 Å². The van der Waals surface area contributed by atoms with Crippen molar-refractivity contribution in [2.45, 2.75) is 19.4 Å². The van der Waals surface area contributed by atoms with Gasteiger partial charge in [0.15, 0.2) is 0 Å². The van der Waals surface area contributed by atoms with E-state index in [9.17, 15) is 5.11 Å². The number of aliphatic hydroxyl groups excluding tert-OH is 1. The molecule has 0 aromatic heterocycles. The summed E-state index contributed by atoms with van der Waals surface area (Å²) in [7, 11) is 0. The summed E-state index contributed by atoms with van der Waals surface area (Å²) in [5, 5.41) is 9.20. The average Bonchev–Trinajstić information content (AvgIpc) is 2.30. The molecule has 0 aliphatic heterocycles. The highest BCUT2D eigenvalue weighted by Gasteiger charge is 2.05. The van der Waals surface area contributed by atoms with E-state index in [1.165, 1.54) is 5.57 Å². The van der Waals surface area contributed by atoms with Gasteiger partial charge in [-0.05, 0) is 29.5 Å². The number of hydrogen-bond acceptors (Lipinski definition) is 1. The Hall–Kier alpha value is -1.34. The van der Waals surface area contributed by atoms with Gasteiger partial charge in [-0.15, -0.1) is 0 Å². The minimum atomic E-state index is 0.112. The SMILES string of the molecule is OCc1ccccc1C1=CCCC=C1. The molecule has 0 heterocycles. The van der Waals surface area contributed by atoms with Gasteiger partial charge < -0.3 is 5.11 Å². The molecule has 14 heavy (non-hydrogen) atoms. The Bertz CT molecular complexity index is 375. The van der Waals surface area contributed by atoms with Crippen LogP contribution in [0.5, 0.6) is 0 Å². The Morgan fingerprint density at radius 1 is 1.14 bits per heavy atom.